The molecule has 1 aromatic carbocycles. The third-order valence-electron chi connectivity index (χ3n) is 5.34. The molecule has 1 aliphatic heterocycles. The normalized spacial score (nSPS) is 20.2. The van der Waals surface area contributed by atoms with Gasteiger partial charge in [-0.1, -0.05) is 55.5 Å². The fourth-order valence-corrected chi connectivity index (χ4v) is 4.59. The van der Waals surface area contributed by atoms with Gasteiger partial charge in [0.25, 0.3) is 5.56 Å². The van der Waals surface area contributed by atoms with Crippen molar-refractivity contribution in [2.45, 2.75) is 39.5 Å². The first kappa shape index (κ1) is 17.2. The van der Waals surface area contributed by atoms with E-state index in [1.807, 2.05) is 6.92 Å². The molecule has 0 amide bonds. The number of aromatic nitrogens is 3. The zero-order valence-electron chi connectivity index (χ0n) is 15.3. The van der Waals surface area contributed by atoms with E-state index in [4.69, 9.17) is 0 Å². The van der Waals surface area contributed by atoms with E-state index in [0.29, 0.717) is 4.96 Å². The van der Waals surface area contributed by atoms with Gasteiger partial charge in [0.05, 0.1) is 0 Å². The molecule has 0 aliphatic carbocycles. The molecule has 4 rings (SSSR count). The van der Waals surface area contributed by atoms with Crippen molar-refractivity contribution in [3.05, 3.63) is 58.0 Å². The summed E-state index contributed by atoms with van der Waals surface area (Å²) < 4.78 is 1.44. The Morgan fingerprint density at radius 3 is 2.85 bits per heavy atom. The SMILES string of the molecule is CCc1cc(=O)n2nc(N3CC[C@@](C)(CCc4ccccc4)C3)sc2n1. The quantitative estimate of drug-likeness (QED) is 0.691. The van der Waals surface area contributed by atoms with Crippen LogP contribution in [0.2, 0.25) is 0 Å². The van der Waals surface area contributed by atoms with Gasteiger partial charge < -0.3 is 4.90 Å². The molecule has 0 radical (unpaired) electrons. The van der Waals surface area contributed by atoms with E-state index in [9.17, 15) is 4.79 Å². The van der Waals surface area contributed by atoms with Crippen LogP contribution in [0.5, 0.6) is 0 Å². The first-order valence-corrected chi connectivity index (χ1v) is 10.1. The Kier molecular flexibility index (Phi) is 4.53. The van der Waals surface area contributed by atoms with Gasteiger partial charge in [-0.3, -0.25) is 4.79 Å². The lowest BCUT2D eigenvalue weighted by atomic mass is 9.83. The molecule has 136 valence electrons. The predicted molar refractivity (Wildman–Crippen MR) is 106 cm³/mol. The van der Waals surface area contributed by atoms with E-state index < -0.39 is 0 Å². The maximum absolute atomic E-state index is 12.2. The van der Waals surface area contributed by atoms with Gasteiger partial charge >= 0.3 is 0 Å². The first-order valence-electron chi connectivity index (χ1n) is 9.25. The second-order valence-corrected chi connectivity index (χ2v) is 8.42. The molecule has 1 fully saturated rings. The minimum atomic E-state index is -0.0830. The Bertz CT molecular complexity index is 965. The Morgan fingerprint density at radius 2 is 2.08 bits per heavy atom. The van der Waals surface area contributed by atoms with Crippen molar-refractivity contribution in [3.8, 4) is 0 Å². The maximum Gasteiger partial charge on any atom is 0.275 e. The lowest BCUT2D eigenvalue weighted by Crippen LogP contribution is -2.25. The molecule has 0 unspecified atom stereocenters. The highest BCUT2D eigenvalue weighted by Gasteiger charge is 2.35. The highest BCUT2D eigenvalue weighted by atomic mass is 32.1. The first-order chi connectivity index (χ1) is 12.6. The number of benzene rings is 1. The second kappa shape index (κ2) is 6.83. The highest BCUT2D eigenvalue weighted by molar-refractivity contribution is 7.20. The van der Waals surface area contributed by atoms with Crippen LogP contribution in [0, 0.1) is 5.41 Å². The fourth-order valence-electron chi connectivity index (χ4n) is 3.64. The Morgan fingerprint density at radius 1 is 1.27 bits per heavy atom. The highest BCUT2D eigenvalue weighted by Crippen LogP contribution is 2.38. The molecular formula is C20H24N4OS. The van der Waals surface area contributed by atoms with Crippen molar-refractivity contribution >= 4 is 21.4 Å². The summed E-state index contributed by atoms with van der Waals surface area (Å²) in [6.45, 7) is 6.34. The van der Waals surface area contributed by atoms with E-state index in [-0.39, 0.29) is 11.0 Å². The molecule has 0 bridgehead atoms. The number of fused-ring (bicyclic) bond motifs is 1. The summed E-state index contributed by atoms with van der Waals surface area (Å²) in [4.78, 5) is 19.8. The number of aryl methyl sites for hydroxylation is 2. The van der Waals surface area contributed by atoms with Crippen LogP contribution in [0.1, 0.15) is 37.9 Å². The number of rotatable bonds is 5. The number of hydrogen-bond donors (Lipinski definition) is 0. The molecular weight excluding hydrogens is 344 g/mol. The smallest absolute Gasteiger partial charge is 0.275 e. The van der Waals surface area contributed by atoms with Gasteiger partial charge in [0, 0.05) is 24.8 Å². The average Bonchev–Trinajstić information content (AvgIpc) is 3.25. The molecule has 0 N–H and O–H groups in total. The predicted octanol–water partition coefficient (Wildman–Crippen LogP) is 3.56. The number of anilines is 1. The molecule has 6 heteroatoms. The monoisotopic (exact) mass is 368 g/mol. The summed E-state index contributed by atoms with van der Waals surface area (Å²) in [6, 6.07) is 12.3. The van der Waals surface area contributed by atoms with Gasteiger partial charge in [-0.15, -0.1) is 5.10 Å². The molecule has 1 aliphatic rings. The van der Waals surface area contributed by atoms with Crippen LogP contribution < -0.4 is 10.5 Å². The molecule has 0 spiro atoms. The topological polar surface area (TPSA) is 50.5 Å². The minimum absolute atomic E-state index is 0.0830. The van der Waals surface area contributed by atoms with Crippen LogP contribution >= 0.6 is 11.3 Å². The van der Waals surface area contributed by atoms with Crippen LogP contribution in [0.15, 0.2) is 41.2 Å². The summed E-state index contributed by atoms with van der Waals surface area (Å²) in [5, 5.41) is 5.45. The third kappa shape index (κ3) is 3.38. The second-order valence-electron chi connectivity index (χ2n) is 7.49. The van der Waals surface area contributed by atoms with E-state index in [2.05, 4.69) is 52.2 Å². The lowest BCUT2D eigenvalue weighted by Gasteiger charge is -2.24. The van der Waals surface area contributed by atoms with E-state index in [0.717, 1.165) is 49.6 Å². The van der Waals surface area contributed by atoms with Gasteiger partial charge in [-0.25, -0.2) is 4.98 Å². The Labute approximate surface area is 157 Å². The van der Waals surface area contributed by atoms with Gasteiger partial charge in [0.15, 0.2) is 0 Å². The summed E-state index contributed by atoms with van der Waals surface area (Å²) in [5.74, 6) is 0. The van der Waals surface area contributed by atoms with E-state index >= 15 is 0 Å². The van der Waals surface area contributed by atoms with Crippen molar-refractivity contribution in [2.75, 3.05) is 18.0 Å². The summed E-state index contributed by atoms with van der Waals surface area (Å²) >= 11 is 1.52. The molecule has 1 atom stereocenters. The van der Waals surface area contributed by atoms with Gasteiger partial charge in [0.2, 0.25) is 10.1 Å². The summed E-state index contributed by atoms with van der Waals surface area (Å²) in [5.41, 5.74) is 2.43. The zero-order valence-corrected chi connectivity index (χ0v) is 16.1. The Hall–Kier alpha value is -2.21. The molecule has 5 nitrogen and oxygen atoms in total. The molecule has 2 aromatic heterocycles. The standard InChI is InChI=1S/C20H24N4OS/c1-3-16-13-17(25)24-18(21-16)26-19(22-24)23-12-11-20(2,14-23)10-9-15-7-5-4-6-8-15/h4-8,13H,3,9-12,14H2,1-2H3/t20-/m1/s1. The van der Waals surface area contributed by atoms with Crippen molar-refractivity contribution in [3.63, 3.8) is 0 Å². The number of nitrogens with zero attached hydrogens (tertiary/aromatic N) is 4. The maximum atomic E-state index is 12.2. The molecule has 0 saturated carbocycles. The van der Waals surface area contributed by atoms with Crippen molar-refractivity contribution in [1.29, 1.82) is 0 Å². The summed E-state index contributed by atoms with van der Waals surface area (Å²) in [6.07, 6.45) is 4.18. The van der Waals surface area contributed by atoms with Gasteiger partial charge in [-0.2, -0.15) is 4.52 Å². The average molecular weight is 369 g/mol. The summed E-state index contributed by atoms with van der Waals surface area (Å²) in [7, 11) is 0. The molecule has 26 heavy (non-hydrogen) atoms. The van der Waals surface area contributed by atoms with Crippen LogP contribution in [0.4, 0.5) is 5.13 Å². The molecule has 3 aromatic rings. The van der Waals surface area contributed by atoms with Crippen LogP contribution in [-0.4, -0.2) is 27.7 Å². The van der Waals surface area contributed by atoms with Gasteiger partial charge in [-0.05, 0) is 36.7 Å². The van der Waals surface area contributed by atoms with Crippen LogP contribution in [0.3, 0.4) is 0 Å². The van der Waals surface area contributed by atoms with Crippen molar-refractivity contribution in [2.24, 2.45) is 5.41 Å². The van der Waals surface area contributed by atoms with E-state index in [1.54, 1.807) is 6.07 Å². The van der Waals surface area contributed by atoms with Crippen LogP contribution in [-0.2, 0) is 12.8 Å². The largest absolute Gasteiger partial charge is 0.346 e. The third-order valence-corrected chi connectivity index (χ3v) is 6.31. The van der Waals surface area contributed by atoms with Crippen molar-refractivity contribution < 1.29 is 0 Å². The van der Waals surface area contributed by atoms with E-state index in [1.165, 1.54) is 21.4 Å². The zero-order chi connectivity index (χ0) is 18.1. The molecule has 3 heterocycles. The lowest BCUT2D eigenvalue weighted by molar-refractivity contribution is 0.339. The van der Waals surface area contributed by atoms with Crippen molar-refractivity contribution in [1.82, 2.24) is 14.6 Å². The van der Waals surface area contributed by atoms with Crippen LogP contribution in [0.25, 0.3) is 4.96 Å². The fraction of sp³-hybridized carbons (Fsp3) is 0.450. The Balaban J connectivity index is 1.50. The molecule has 1 saturated heterocycles. The minimum Gasteiger partial charge on any atom is -0.346 e. The number of hydrogen-bond acceptors (Lipinski definition) is 5. The van der Waals surface area contributed by atoms with Gasteiger partial charge in [0.1, 0.15) is 0 Å².